The van der Waals surface area contributed by atoms with Gasteiger partial charge in [-0.1, -0.05) is 12.8 Å². The van der Waals surface area contributed by atoms with Crippen LogP contribution in [0.15, 0.2) is 0 Å². The highest BCUT2D eigenvalue weighted by molar-refractivity contribution is 7.15. The number of nitrogens with two attached hydrogens (primary N) is 1. The Bertz CT molecular complexity index is 439. The van der Waals surface area contributed by atoms with Crippen LogP contribution in [-0.2, 0) is 17.6 Å². The van der Waals surface area contributed by atoms with Gasteiger partial charge in [-0.05, 0) is 38.5 Å². The molecule has 98 valence electrons. The van der Waals surface area contributed by atoms with Crippen LogP contribution < -0.4 is 11.1 Å². The first kappa shape index (κ1) is 12.1. The molecule has 0 spiro atoms. The van der Waals surface area contributed by atoms with Gasteiger partial charge in [-0.15, -0.1) is 11.3 Å². The van der Waals surface area contributed by atoms with Crippen LogP contribution in [0.4, 0.5) is 5.13 Å². The number of carbonyl (C=O) groups excluding carboxylic acids is 1. The van der Waals surface area contributed by atoms with Gasteiger partial charge in [0.1, 0.15) is 0 Å². The molecule has 0 atom stereocenters. The quantitative estimate of drug-likeness (QED) is 0.861. The zero-order valence-corrected chi connectivity index (χ0v) is 11.3. The Morgan fingerprint density at radius 1 is 1.22 bits per heavy atom. The van der Waals surface area contributed by atoms with Crippen molar-refractivity contribution in [3.05, 3.63) is 10.6 Å². The molecule has 2 aliphatic rings. The van der Waals surface area contributed by atoms with E-state index in [1.54, 1.807) is 11.3 Å². The first-order chi connectivity index (χ1) is 8.67. The summed E-state index contributed by atoms with van der Waals surface area (Å²) < 4.78 is 0. The zero-order chi connectivity index (χ0) is 12.6. The molecule has 2 aliphatic carbocycles. The summed E-state index contributed by atoms with van der Waals surface area (Å²) in [6.45, 7) is 0. The molecule has 18 heavy (non-hydrogen) atoms. The highest BCUT2D eigenvalue weighted by atomic mass is 32.1. The molecule has 0 unspecified atom stereocenters. The fourth-order valence-electron chi connectivity index (χ4n) is 2.86. The molecule has 1 heterocycles. The lowest BCUT2D eigenvalue weighted by Crippen LogP contribution is -2.48. The van der Waals surface area contributed by atoms with Gasteiger partial charge >= 0.3 is 0 Å². The third kappa shape index (κ3) is 2.17. The van der Waals surface area contributed by atoms with Gasteiger partial charge in [0, 0.05) is 4.88 Å². The molecule has 3 N–H and O–H groups in total. The lowest BCUT2D eigenvalue weighted by Gasteiger charge is -2.21. The lowest BCUT2D eigenvalue weighted by molar-refractivity contribution is -0.121. The number of carbonyl (C=O) groups is 1. The summed E-state index contributed by atoms with van der Waals surface area (Å²) in [7, 11) is 0. The summed E-state index contributed by atoms with van der Waals surface area (Å²) in [6, 6.07) is 0. The molecule has 1 aromatic heterocycles. The average molecular weight is 265 g/mol. The number of anilines is 1. The molecule has 0 radical (unpaired) electrons. The first-order valence-electron chi connectivity index (χ1n) is 6.76. The van der Waals surface area contributed by atoms with E-state index in [1.165, 1.54) is 23.4 Å². The van der Waals surface area contributed by atoms with Crippen LogP contribution in [-0.4, -0.2) is 16.4 Å². The molecular weight excluding hydrogens is 246 g/mol. The van der Waals surface area contributed by atoms with Crippen molar-refractivity contribution in [3.63, 3.8) is 0 Å². The molecule has 0 bridgehead atoms. The monoisotopic (exact) mass is 265 g/mol. The number of fused-ring (bicyclic) bond motifs is 1. The number of aryl methyl sites for hydroxylation is 2. The Labute approximate surface area is 111 Å². The number of hydrogen-bond donors (Lipinski definition) is 2. The highest BCUT2D eigenvalue weighted by Gasteiger charge is 2.37. The van der Waals surface area contributed by atoms with Crippen LogP contribution in [0.5, 0.6) is 0 Å². The normalized spacial score (nSPS) is 21.6. The number of nitrogens with one attached hydrogen (secondary N) is 1. The van der Waals surface area contributed by atoms with Gasteiger partial charge in [-0.25, -0.2) is 4.98 Å². The van der Waals surface area contributed by atoms with Gasteiger partial charge in [0.05, 0.1) is 11.2 Å². The molecule has 0 aromatic carbocycles. The van der Waals surface area contributed by atoms with Gasteiger partial charge < -0.3 is 11.1 Å². The van der Waals surface area contributed by atoms with Crippen molar-refractivity contribution in [2.45, 2.75) is 56.9 Å². The van der Waals surface area contributed by atoms with E-state index in [0.717, 1.165) is 43.7 Å². The third-order valence-electron chi connectivity index (χ3n) is 4.01. The highest BCUT2D eigenvalue weighted by Crippen LogP contribution is 2.32. The van der Waals surface area contributed by atoms with E-state index in [-0.39, 0.29) is 5.91 Å². The second kappa shape index (κ2) is 4.63. The summed E-state index contributed by atoms with van der Waals surface area (Å²) in [5.41, 5.74) is 6.66. The molecular formula is C13H19N3OS. The van der Waals surface area contributed by atoms with E-state index in [0.29, 0.717) is 0 Å². The molecule has 5 heteroatoms. The topological polar surface area (TPSA) is 68.0 Å². The number of hydrogen-bond acceptors (Lipinski definition) is 4. The summed E-state index contributed by atoms with van der Waals surface area (Å²) >= 11 is 1.62. The van der Waals surface area contributed by atoms with E-state index in [4.69, 9.17) is 5.73 Å². The van der Waals surface area contributed by atoms with Crippen LogP contribution in [0.1, 0.15) is 49.1 Å². The summed E-state index contributed by atoms with van der Waals surface area (Å²) in [4.78, 5) is 18.0. The van der Waals surface area contributed by atoms with Crippen LogP contribution in [0.2, 0.25) is 0 Å². The van der Waals surface area contributed by atoms with Crippen molar-refractivity contribution in [1.29, 1.82) is 0 Å². The molecule has 3 rings (SSSR count). The molecule has 1 amide bonds. The maximum Gasteiger partial charge on any atom is 0.246 e. The fraction of sp³-hybridized carbons (Fsp3) is 0.692. The minimum Gasteiger partial charge on any atom is -0.317 e. The van der Waals surface area contributed by atoms with E-state index >= 15 is 0 Å². The molecule has 1 fully saturated rings. The first-order valence-corrected chi connectivity index (χ1v) is 7.58. The summed E-state index contributed by atoms with van der Waals surface area (Å²) in [5, 5.41) is 3.66. The molecule has 1 saturated carbocycles. The van der Waals surface area contributed by atoms with E-state index in [9.17, 15) is 4.79 Å². The van der Waals surface area contributed by atoms with Gasteiger partial charge in [-0.2, -0.15) is 0 Å². The molecule has 0 aliphatic heterocycles. The average Bonchev–Trinajstić information content (AvgIpc) is 2.95. The van der Waals surface area contributed by atoms with Crippen molar-refractivity contribution in [2.24, 2.45) is 5.73 Å². The van der Waals surface area contributed by atoms with Crippen molar-refractivity contribution in [1.82, 2.24) is 4.98 Å². The van der Waals surface area contributed by atoms with Crippen LogP contribution >= 0.6 is 11.3 Å². The van der Waals surface area contributed by atoms with Gasteiger partial charge in [-0.3, -0.25) is 4.79 Å². The Morgan fingerprint density at radius 2 is 1.94 bits per heavy atom. The second-order valence-corrected chi connectivity index (χ2v) is 6.50. The van der Waals surface area contributed by atoms with Crippen LogP contribution in [0.3, 0.4) is 0 Å². The van der Waals surface area contributed by atoms with E-state index in [1.807, 2.05) is 0 Å². The van der Waals surface area contributed by atoms with Crippen molar-refractivity contribution >= 4 is 22.4 Å². The van der Waals surface area contributed by atoms with Crippen molar-refractivity contribution in [3.8, 4) is 0 Å². The lowest BCUT2D eigenvalue weighted by atomic mass is 9.98. The smallest absolute Gasteiger partial charge is 0.246 e. The summed E-state index contributed by atoms with van der Waals surface area (Å²) in [5.74, 6) is -0.0499. The number of aromatic nitrogens is 1. The Balaban J connectivity index is 1.72. The number of amides is 1. The standard InChI is InChI=1S/C13H19N3OS/c14-13(7-3-4-8-13)11(17)16-12-15-9-5-1-2-6-10(9)18-12/h1-8,14H2,(H,15,16,17). The molecule has 1 aromatic rings. The predicted octanol–water partition coefficient (Wildman–Crippen LogP) is 2.23. The maximum atomic E-state index is 12.2. The van der Waals surface area contributed by atoms with Crippen LogP contribution in [0, 0.1) is 0 Å². The van der Waals surface area contributed by atoms with Crippen molar-refractivity contribution in [2.75, 3.05) is 5.32 Å². The van der Waals surface area contributed by atoms with Gasteiger partial charge in [0.25, 0.3) is 0 Å². The maximum absolute atomic E-state index is 12.2. The predicted molar refractivity (Wildman–Crippen MR) is 72.8 cm³/mol. The number of rotatable bonds is 2. The minimum absolute atomic E-state index is 0.0499. The van der Waals surface area contributed by atoms with Gasteiger partial charge in [0.2, 0.25) is 5.91 Å². The SMILES string of the molecule is NC1(C(=O)Nc2nc3c(s2)CCCC3)CCCC1. The number of nitrogens with zero attached hydrogens (tertiary/aromatic N) is 1. The Kier molecular flexibility index (Phi) is 3.11. The molecule has 0 saturated heterocycles. The van der Waals surface area contributed by atoms with Crippen LogP contribution in [0.25, 0.3) is 0 Å². The Hall–Kier alpha value is -0.940. The minimum atomic E-state index is -0.661. The second-order valence-electron chi connectivity index (χ2n) is 5.41. The van der Waals surface area contributed by atoms with Crippen molar-refractivity contribution < 1.29 is 4.79 Å². The van der Waals surface area contributed by atoms with E-state index < -0.39 is 5.54 Å². The largest absolute Gasteiger partial charge is 0.317 e. The number of thiazole rings is 1. The fourth-order valence-corrected chi connectivity index (χ4v) is 3.90. The molecule has 4 nitrogen and oxygen atoms in total. The Morgan fingerprint density at radius 3 is 2.67 bits per heavy atom. The zero-order valence-electron chi connectivity index (χ0n) is 10.5. The van der Waals surface area contributed by atoms with E-state index in [2.05, 4.69) is 10.3 Å². The van der Waals surface area contributed by atoms with Gasteiger partial charge in [0.15, 0.2) is 5.13 Å². The third-order valence-corrected chi connectivity index (χ3v) is 5.09. The summed E-state index contributed by atoms with van der Waals surface area (Å²) in [6.07, 6.45) is 8.31.